The SMILES string of the molecule is C[NH2+]CC(=O)Nc1ccc(Cl)c(S(=O)(=O)N(C)C)c1. The molecule has 1 aromatic rings. The van der Waals surface area contributed by atoms with Gasteiger partial charge in [0.1, 0.15) is 4.90 Å². The molecule has 0 aliphatic heterocycles. The fraction of sp³-hybridized carbons (Fsp3) is 0.364. The monoisotopic (exact) mass is 306 g/mol. The Bertz CT molecular complexity index is 573. The highest BCUT2D eigenvalue weighted by molar-refractivity contribution is 7.89. The number of anilines is 1. The van der Waals surface area contributed by atoms with Gasteiger partial charge >= 0.3 is 0 Å². The Hall–Kier alpha value is -1.15. The number of nitrogens with one attached hydrogen (secondary N) is 1. The third-order valence-electron chi connectivity index (χ3n) is 2.36. The van der Waals surface area contributed by atoms with Crippen LogP contribution in [0, 0.1) is 0 Å². The first kappa shape index (κ1) is 15.9. The molecule has 19 heavy (non-hydrogen) atoms. The van der Waals surface area contributed by atoms with Crippen molar-refractivity contribution in [3.63, 3.8) is 0 Å². The van der Waals surface area contributed by atoms with Crippen molar-refractivity contribution in [3.8, 4) is 0 Å². The molecule has 0 saturated carbocycles. The molecule has 0 unspecified atom stereocenters. The smallest absolute Gasteiger partial charge is 0.279 e. The molecule has 0 atom stereocenters. The molecule has 8 heteroatoms. The second-order valence-corrected chi connectivity index (χ2v) is 6.62. The Labute approximate surface area is 117 Å². The van der Waals surface area contributed by atoms with Crippen LogP contribution >= 0.6 is 11.6 Å². The Balaban J connectivity index is 3.12. The van der Waals surface area contributed by atoms with E-state index in [-0.39, 0.29) is 22.4 Å². The highest BCUT2D eigenvalue weighted by Gasteiger charge is 2.21. The van der Waals surface area contributed by atoms with E-state index in [1.165, 1.54) is 26.2 Å². The average Bonchev–Trinajstić information content (AvgIpc) is 2.31. The van der Waals surface area contributed by atoms with Gasteiger partial charge in [-0.25, -0.2) is 12.7 Å². The quantitative estimate of drug-likeness (QED) is 0.785. The fourth-order valence-electron chi connectivity index (χ4n) is 1.37. The van der Waals surface area contributed by atoms with Crippen LogP contribution in [0.5, 0.6) is 0 Å². The highest BCUT2D eigenvalue weighted by Crippen LogP contribution is 2.26. The van der Waals surface area contributed by atoms with Crippen molar-refractivity contribution >= 4 is 33.2 Å². The minimum atomic E-state index is -3.64. The zero-order valence-electron chi connectivity index (χ0n) is 11.0. The van der Waals surface area contributed by atoms with E-state index in [9.17, 15) is 13.2 Å². The van der Waals surface area contributed by atoms with Gasteiger partial charge < -0.3 is 10.6 Å². The molecule has 0 aromatic heterocycles. The van der Waals surface area contributed by atoms with Crippen molar-refractivity contribution in [2.75, 3.05) is 33.0 Å². The van der Waals surface area contributed by atoms with Gasteiger partial charge in [0.15, 0.2) is 6.54 Å². The molecule has 0 saturated heterocycles. The Morgan fingerprint density at radius 3 is 2.58 bits per heavy atom. The first-order valence-corrected chi connectivity index (χ1v) is 7.40. The van der Waals surface area contributed by atoms with Crippen LogP contribution in [-0.4, -0.2) is 46.3 Å². The van der Waals surface area contributed by atoms with E-state index in [1.54, 1.807) is 18.4 Å². The predicted molar refractivity (Wildman–Crippen MR) is 73.7 cm³/mol. The summed E-state index contributed by atoms with van der Waals surface area (Å²) in [4.78, 5) is 11.4. The molecule has 1 aromatic carbocycles. The van der Waals surface area contributed by atoms with Crippen LogP contribution in [0.25, 0.3) is 0 Å². The summed E-state index contributed by atoms with van der Waals surface area (Å²) in [7, 11) is 0.971. The first-order valence-electron chi connectivity index (χ1n) is 5.58. The summed E-state index contributed by atoms with van der Waals surface area (Å²) in [6.45, 7) is 0.262. The maximum Gasteiger partial charge on any atom is 0.279 e. The molecule has 0 aliphatic rings. The number of carbonyl (C=O) groups is 1. The lowest BCUT2D eigenvalue weighted by Gasteiger charge is -2.14. The van der Waals surface area contributed by atoms with E-state index in [1.807, 2.05) is 0 Å². The molecule has 0 heterocycles. The minimum Gasteiger partial charge on any atom is -0.341 e. The summed E-state index contributed by atoms with van der Waals surface area (Å²) in [6.07, 6.45) is 0. The number of amides is 1. The van der Waals surface area contributed by atoms with Crippen molar-refractivity contribution in [2.24, 2.45) is 0 Å². The number of rotatable bonds is 5. The van der Waals surface area contributed by atoms with Gasteiger partial charge in [0.2, 0.25) is 10.0 Å². The highest BCUT2D eigenvalue weighted by atomic mass is 35.5. The van der Waals surface area contributed by atoms with Gasteiger partial charge in [-0.3, -0.25) is 4.79 Å². The second kappa shape index (κ2) is 6.33. The molecule has 3 N–H and O–H groups in total. The number of likely N-dealkylation sites (N-methyl/N-ethyl adjacent to an activating group) is 1. The number of nitrogens with zero attached hydrogens (tertiary/aromatic N) is 1. The summed E-state index contributed by atoms with van der Waals surface area (Å²) < 4.78 is 25.1. The molecule has 1 amide bonds. The normalized spacial score (nSPS) is 11.6. The number of carbonyl (C=O) groups excluding carboxylic acids is 1. The number of sulfonamides is 1. The van der Waals surface area contributed by atoms with Gasteiger partial charge in [0, 0.05) is 19.8 Å². The van der Waals surface area contributed by atoms with Crippen LogP contribution in [0.2, 0.25) is 5.02 Å². The second-order valence-electron chi connectivity index (χ2n) is 4.09. The molecule has 106 valence electrons. The van der Waals surface area contributed by atoms with Crippen LogP contribution in [0.3, 0.4) is 0 Å². The zero-order valence-corrected chi connectivity index (χ0v) is 12.5. The number of halogens is 1. The number of quaternary nitrogens is 1. The van der Waals surface area contributed by atoms with Crippen molar-refractivity contribution in [2.45, 2.75) is 4.90 Å². The summed E-state index contributed by atoms with van der Waals surface area (Å²) in [5, 5.41) is 4.44. The van der Waals surface area contributed by atoms with Gasteiger partial charge in [-0.05, 0) is 18.2 Å². The number of nitrogens with two attached hydrogens (primary N) is 1. The van der Waals surface area contributed by atoms with Gasteiger partial charge in [-0.2, -0.15) is 0 Å². The third-order valence-corrected chi connectivity index (χ3v) is 4.66. The Morgan fingerprint density at radius 2 is 2.05 bits per heavy atom. The van der Waals surface area contributed by atoms with Crippen molar-refractivity contribution in [1.29, 1.82) is 0 Å². The van der Waals surface area contributed by atoms with E-state index in [0.717, 1.165) is 4.31 Å². The molecular weight excluding hydrogens is 290 g/mol. The lowest BCUT2D eigenvalue weighted by atomic mass is 10.3. The molecule has 0 spiro atoms. The molecule has 0 bridgehead atoms. The maximum atomic E-state index is 12.0. The predicted octanol–water partition coefficient (Wildman–Crippen LogP) is -0.278. The molecule has 1 rings (SSSR count). The molecule has 0 fully saturated rings. The van der Waals surface area contributed by atoms with Gasteiger partial charge in [0.25, 0.3) is 5.91 Å². The Morgan fingerprint density at radius 1 is 1.42 bits per heavy atom. The van der Waals surface area contributed by atoms with E-state index >= 15 is 0 Å². The zero-order chi connectivity index (χ0) is 14.6. The van der Waals surface area contributed by atoms with Crippen LogP contribution in [0.4, 0.5) is 5.69 Å². The first-order chi connectivity index (χ1) is 8.78. The number of hydrogen-bond donors (Lipinski definition) is 2. The molecular formula is C11H17ClN3O3S+. The lowest BCUT2D eigenvalue weighted by molar-refractivity contribution is -0.615. The van der Waals surface area contributed by atoms with Gasteiger partial charge in [-0.15, -0.1) is 0 Å². The summed E-state index contributed by atoms with van der Waals surface area (Å²) in [5.41, 5.74) is 0.400. The van der Waals surface area contributed by atoms with Crippen molar-refractivity contribution < 1.29 is 18.5 Å². The summed E-state index contributed by atoms with van der Waals surface area (Å²) in [5.74, 6) is -0.210. The standard InChI is InChI=1S/C11H16ClN3O3S/c1-13-7-11(16)14-8-4-5-9(12)10(6-8)19(17,18)15(2)3/h4-6,13H,7H2,1-3H3,(H,14,16)/p+1. The van der Waals surface area contributed by atoms with Crippen LogP contribution in [0.1, 0.15) is 0 Å². The van der Waals surface area contributed by atoms with Crippen molar-refractivity contribution in [1.82, 2.24) is 4.31 Å². The summed E-state index contributed by atoms with van der Waals surface area (Å²) >= 11 is 5.90. The molecule has 0 radical (unpaired) electrons. The maximum absolute atomic E-state index is 12.0. The van der Waals surface area contributed by atoms with E-state index in [2.05, 4.69) is 5.32 Å². The van der Waals surface area contributed by atoms with E-state index in [0.29, 0.717) is 5.69 Å². The van der Waals surface area contributed by atoms with E-state index in [4.69, 9.17) is 11.6 Å². The van der Waals surface area contributed by atoms with E-state index < -0.39 is 10.0 Å². The number of benzene rings is 1. The minimum absolute atomic E-state index is 0.0301. The molecule has 0 aliphatic carbocycles. The molecule has 6 nitrogen and oxygen atoms in total. The topological polar surface area (TPSA) is 83.1 Å². The van der Waals surface area contributed by atoms with Crippen LogP contribution in [-0.2, 0) is 14.8 Å². The van der Waals surface area contributed by atoms with Gasteiger partial charge in [0.05, 0.1) is 12.1 Å². The third kappa shape index (κ3) is 3.90. The Kier molecular flexibility index (Phi) is 5.30. The van der Waals surface area contributed by atoms with Crippen LogP contribution < -0.4 is 10.6 Å². The summed E-state index contributed by atoms with van der Waals surface area (Å²) in [6, 6.07) is 4.36. The fourth-order valence-corrected chi connectivity index (χ4v) is 2.77. The van der Waals surface area contributed by atoms with Gasteiger partial charge in [-0.1, -0.05) is 11.6 Å². The average molecular weight is 307 g/mol. The largest absolute Gasteiger partial charge is 0.341 e. The lowest BCUT2D eigenvalue weighted by Crippen LogP contribution is -2.82. The van der Waals surface area contributed by atoms with Crippen LogP contribution in [0.15, 0.2) is 23.1 Å². The number of hydrogen-bond acceptors (Lipinski definition) is 3. The van der Waals surface area contributed by atoms with Crippen molar-refractivity contribution in [3.05, 3.63) is 23.2 Å².